The maximum atomic E-state index is 9.91. The normalized spacial score (nSPS) is 15.7. The van der Waals surface area contributed by atoms with Crippen molar-refractivity contribution in [2.24, 2.45) is 5.92 Å². The molecule has 2 rings (SSSR count). The Hall–Kier alpha value is -1.89. The van der Waals surface area contributed by atoms with Crippen LogP contribution in [0.2, 0.25) is 0 Å². The van der Waals surface area contributed by atoms with Crippen molar-refractivity contribution in [2.75, 3.05) is 26.4 Å². The summed E-state index contributed by atoms with van der Waals surface area (Å²) in [6.45, 7) is 10.7. The Morgan fingerprint density at radius 2 is 2.22 bits per heavy atom. The molecule has 1 amide bonds. The number of rotatable bonds is 9. The van der Waals surface area contributed by atoms with E-state index in [9.17, 15) is 4.79 Å². The average molecular weight is 397 g/mol. The molecule has 1 fully saturated rings. The maximum absolute atomic E-state index is 9.91. The monoisotopic (exact) mass is 396 g/mol. The van der Waals surface area contributed by atoms with E-state index in [1.54, 1.807) is 6.08 Å². The van der Waals surface area contributed by atoms with E-state index in [-0.39, 0.29) is 0 Å². The van der Waals surface area contributed by atoms with Crippen LogP contribution in [0.4, 0.5) is 0 Å². The Balaban J connectivity index is 0.000000309. The van der Waals surface area contributed by atoms with Crippen LogP contribution >= 0.6 is 11.6 Å². The standard InChI is InChI=1S/C13H16ClNO2.C7H13NO2/c1-4-6-11(13(14)5-2)8-16-9-12-7-10(3)15-17-12;9-6-8-5-7-1-3-10-4-2-7/h4-7H,1,8-9H2,2-3H3;6-7H,1-5H2,(H,8,9)/b11-6-,13-5+;. The summed E-state index contributed by atoms with van der Waals surface area (Å²) in [4.78, 5) is 9.91. The molecule has 1 aromatic heterocycles. The van der Waals surface area contributed by atoms with E-state index in [0.29, 0.717) is 29.9 Å². The molecule has 27 heavy (non-hydrogen) atoms. The summed E-state index contributed by atoms with van der Waals surface area (Å²) in [6, 6.07) is 1.84. The first kappa shape index (κ1) is 23.1. The quantitative estimate of drug-likeness (QED) is 0.506. The number of carbonyl (C=O) groups excluding carboxylic acids is 1. The van der Waals surface area contributed by atoms with Crippen LogP contribution < -0.4 is 5.32 Å². The molecule has 1 aliphatic heterocycles. The number of aryl methyl sites for hydroxylation is 1. The summed E-state index contributed by atoms with van der Waals surface area (Å²) in [5, 5.41) is 7.13. The Morgan fingerprint density at radius 1 is 1.48 bits per heavy atom. The summed E-state index contributed by atoms with van der Waals surface area (Å²) in [6.07, 6.45) is 8.26. The van der Waals surface area contributed by atoms with Gasteiger partial charge in [-0.2, -0.15) is 0 Å². The first-order chi connectivity index (χ1) is 13.1. The average Bonchev–Trinajstić information content (AvgIpc) is 3.11. The summed E-state index contributed by atoms with van der Waals surface area (Å²) >= 11 is 6.03. The largest absolute Gasteiger partial charge is 0.381 e. The van der Waals surface area contributed by atoms with Crippen molar-refractivity contribution in [1.82, 2.24) is 10.5 Å². The Bertz CT molecular complexity index is 619. The highest BCUT2D eigenvalue weighted by atomic mass is 35.5. The van der Waals surface area contributed by atoms with Gasteiger partial charge in [0.1, 0.15) is 6.61 Å². The second-order valence-electron chi connectivity index (χ2n) is 6.07. The zero-order chi connectivity index (χ0) is 19.9. The molecule has 0 aromatic carbocycles. The van der Waals surface area contributed by atoms with Gasteiger partial charge in [-0.3, -0.25) is 4.79 Å². The SMILES string of the molecule is C=C/C=C(COCc1cc(C)no1)\C(Cl)=C/C.O=CNCC1CCOCC1. The molecule has 7 heteroatoms. The molecule has 0 radical (unpaired) electrons. The molecule has 0 spiro atoms. The van der Waals surface area contributed by atoms with Gasteiger partial charge >= 0.3 is 0 Å². The molecule has 1 aromatic rings. The minimum atomic E-state index is 0.378. The Kier molecular flexibility index (Phi) is 12.2. The smallest absolute Gasteiger partial charge is 0.207 e. The summed E-state index contributed by atoms with van der Waals surface area (Å²) in [5.74, 6) is 1.34. The van der Waals surface area contributed by atoms with Crippen LogP contribution in [0.3, 0.4) is 0 Å². The first-order valence-electron chi connectivity index (χ1n) is 8.99. The van der Waals surface area contributed by atoms with Crippen molar-refractivity contribution in [3.63, 3.8) is 0 Å². The molecule has 1 saturated heterocycles. The number of amides is 1. The van der Waals surface area contributed by atoms with Crippen molar-refractivity contribution >= 4 is 18.0 Å². The number of hydrogen-bond donors (Lipinski definition) is 1. The van der Waals surface area contributed by atoms with Gasteiger partial charge < -0.3 is 19.3 Å². The molecule has 0 bridgehead atoms. The van der Waals surface area contributed by atoms with Crippen LogP contribution in [-0.2, 0) is 20.9 Å². The number of hydrogen-bond acceptors (Lipinski definition) is 5. The van der Waals surface area contributed by atoms with E-state index in [2.05, 4.69) is 17.1 Å². The minimum Gasteiger partial charge on any atom is -0.381 e. The van der Waals surface area contributed by atoms with E-state index in [1.165, 1.54) is 0 Å². The van der Waals surface area contributed by atoms with Crippen LogP contribution in [0, 0.1) is 12.8 Å². The van der Waals surface area contributed by atoms with E-state index in [0.717, 1.165) is 50.3 Å². The zero-order valence-electron chi connectivity index (χ0n) is 16.1. The Morgan fingerprint density at radius 3 is 2.78 bits per heavy atom. The van der Waals surface area contributed by atoms with Gasteiger partial charge in [-0.15, -0.1) is 0 Å². The molecule has 2 heterocycles. The number of halogens is 1. The zero-order valence-corrected chi connectivity index (χ0v) is 16.8. The van der Waals surface area contributed by atoms with Gasteiger partial charge in [-0.05, 0) is 38.2 Å². The number of carbonyl (C=O) groups is 1. The number of aromatic nitrogens is 1. The summed E-state index contributed by atoms with van der Waals surface area (Å²) in [5.41, 5.74) is 1.73. The fourth-order valence-corrected chi connectivity index (χ4v) is 2.55. The fourth-order valence-electron chi connectivity index (χ4n) is 2.44. The van der Waals surface area contributed by atoms with Crippen LogP contribution in [0.1, 0.15) is 31.2 Å². The summed E-state index contributed by atoms with van der Waals surface area (Å²) in [7, 11) is 0. The second-order valence-corrected chi connectivity index (χ2v) is 6.48. The van der Waals surface area contributed by atoms with Gasteiger partial charge in [-0.1, -0.05) is 41.6 Å². The molecular weight excluding hydrogens is 368 g/mol. The molecule has 1 N–H and O–H groups in total. The van der Waals surface area contributed by atoms with Crippen molar-refractivity contribution < 1.29 is 18.8 Å². The van der Waals surface area contributed by atoms with Gasteiger partial charge in [0.2, 0.25) is 6.41 Å². The highest BCUT2D eigenvalue weighted by Gasteiger charge is 2.12. The van der Waals surface area contributed by atoms with E-state index in [1.807, 2.05) is 32.1 Å². The summed E-state index contributed by atoms with van der Waals surface area (Å²) < 4.78 is 15.7. The molecule has 0 unspecified atom stereocenters. The fraction of sp³-hybridized carbons (Fsp3) is 0.500. The third-order valence-corrected chi connectivity index (χ3v) is 4.35. The highest BCUT2D eigenvalue weighted by molar-refractivity contribution is 6.32. The van der Waals surface area contributed by atoms with Gasteiger partial charge in [0.25, 0.3) is 0 Å². The predicted molar refractivity (Wildman–Crippen MR) is 106 cm³/mol. The van der Waals surface area contributed by atoms with Crippen LogP contribution in [-0.4, -0.2) is 37.9 Å². The van der Waals surface area contributed by atoms with Gasteiger partial charge in [0.15, 0.2) is 5.76 Å². The lowest BCUT2D eigenvalue weighted by atomic mass is 10.0. The third kappa shape index (κ3) is 10.1. The van der Waals surface area contributed by atoms with E-state index < -0.39 is 0 Å². The molecule has 1 aliphatic rings. The number of allylic oxidation sites excluding steroid dienone is 3. The molecule has 0 saturated carbocycles. The van der Waals surface area contributed by atoms with Crippen molar-refractivity contribution in [3.05, 3.63) is 52.9 Å². The van der Waals surface area contributed by atoms with E-state index >= 15 is 0 Å². The number of nitrogens with one attached hydrogen (secondary N) is 1. The van der Waals surface area contributed by atoms with Crippen molar-refractivity contribution in [1.29, 1.82) is 0 Å². The second kappa shape index (κ2) is 14.2. The van der Waals surface area contributed by atoms with Crippen LogP contribution in [0.5, 0.6) is 0 Å². The van der Waals surface area contributed by atoms with Gasteiger partial charge in [-0.25, -0.2) is 0 Å². The lowest BCUT2D eigenvalue weighted by molar-refractivity contribution is -0.109. The lowest BCUT2D eigenvalue weighted by Gasteiger charge is -2.20. The topological polar surface area (TPSA) is 73.6 Å². The number of nitrogens with zero attached hydrogens (tertiary/aromatic N) is 1. The molecule has 0 aliphatic carbocycles. The van der Waals surface area contributed by atoms with Crippen molar-refractivity contribution in [3.8, 4) is 0 Å². The Labute approximate surface area is 166 Å². The molecular formula is C20H29ClN2O4. The number of ether oxygens (including phenoxy) is 2. The van der Waals surface area contributed by atoms with Gasteiger partial charge in [0.05, 0.1) is 12.3 Å². The third-order valence-electron chi connectivity index (χ3n) is 3.89. The van der Waals surface area contributed by atoms with Crippen LogP contribution in [0.25, 0.3) is 0 Å². The maximum Gasteiger partial charge on any atom is 0.207 e. The molecule has 0 atom stereocenters. The van der Waals surface area contributed by atoms with Crippen LogP contribution in [0.15, 0.2) is 46.0 Å². The predicted octanol–water partition coefficient (Wildman–Crippen LogP) is 3.91. The molecule has 150 valence electrons. The van der Waals surface area contributed by atoms with Crippen molar-refractivity contribution in [2.45, 2.75) is 33.3 Å². The molecule has 6 nitrogen and oxygen atoms in total. The van der Waals surface area contributed by atoms with E-state index in [4.69, 9.17) is 25.6 Å². The minimum absolute atomic E-state index is 0.378. The highest BCUT2D eigenvalue weighted by Crippen LogP contribution is 2.16. The first-order valence-corrected chi connectivity index (χ1v) is 9.37. The lowest BCUT2D eigenvalue weighted by Crippen LogP contribution is -2.26. The van der Waals surface area contributed by atoms with Gasteiger partial charge in [0, 0.05) is 30.9 Å².